The Bertz CT molecular complexity index is 367. The lowest BCUT2D eigenvalue weighted by Gasteiger charge is -2.29. The van der Waals surface area contributed by atoms with Crippen LogP contribution in [0.15, 0.2) is 0 Å². The maximum atomic E-state index is 10.8. The van der Waals surface area contributed by atoms with Gasteiger partial charge < -0.3 is 20.0 Å². The molecule has 0 spiro atoms. The molecular formula is C20H43O6P. The molecule has 0 atom stereocenters. The summed E-state index contributed by atoms with van der Waals surface area (Å²) in [6.07, 6.45) is 18.0. The van der Waals surface area contributed by atoms with E-state index in [1.807, 2.05) is 0 Å². The first-order chi connectivity index (χ1) is 12.9. The minimum Gasteiger partial charge on any atom is -0.396 e. The van der Waals surface area contributed by atoms with Crippen molar-refractivity contribution in [1.82, 2.24) is 0 Å². The van der Waals surface area contributed by atoms with E-state index in [-0.39, 0.29) is 19.8 Å². The van der Waals surface area contributed by atoms with Crippen LogP contribution in [0.3, 0.4) is 0 Å². The standard InChI is InChI=1S/C20H43O6P/c1-2-3-4-5-6-7-8-9-10-11-12-13-14-15-16-20(17-21,18-22)19-26-27(23,24)25/h21-22H,2-19H2,1H3,(H2,23,24,25). The second-order valence-electron chi connectivity index (χ2n) is 7.93. The van der Waals surface area contributed by atoms with Gasteiger partial charge in [0.25, 0.3) is 0 Å². The highest BCUT2D eigenvalue weighted by Gasteiger charge is 2.31. The van der Waals surface area contributed by atoms with Gasteiger partial charge in [0.15, 0.2) is 0 Å². The molecule has 0 fully saturated rings. The van der Waals surface area contributed by atoms with E-state index in [1.54, 1.807) is 0 Å². The van der Waals surface area contributed by atoms with E-state index in [4.69, 9.17) is 9.79 Å². The van der Waals surface area contributed by atoms with Gasteiger partial charge in [0.2, 0.25) is 0 Å². The first-order valence-electron chi connectivity index (χ1n) is 10.8. The summed E-state index contributed by atoms with van der Waals surface area (Å²) >= 11 is 0. The van der Waals surface area contributed by atoms with Crippen molar-refractivity contribution >= 4 is 7.82 Å². The molecule has 0 bridgehead atoms. The second-order valence-corrected chi connectivity index (χ2v) is 9.17. The van der Waals surface area contributed by atoms with E-state index in [1.165, 1.54) is 70.6 Å². The highest BCUT2D eigenvalue weighted by Crippen LogP contribution is 2.39. The molecule has 0 radical (unpaired) electrons. The van der Waals surface area contributed by atoms with Crippen molar-refractivity contribution < 1.29 is 29.1 Å². The molecule has 0 saturated carbocycles. The van der Waals surface area contributed by atoms with Crippen molar-refractivity contribution in [2.45, 2.75) is 103 Å². The number of phosphoric ester groups is 1. The lowest BCUT2D eigenvalue weighted by atomic mass is 9.85. The largest absolute Gasteiger partial charge is 0.469 e. The third-order valence-electron chi connectivity index (χ3n) is 5.27. The number of rotatable bonds is 20. The summed E-state index contributed by atoms with van der Waals surface area (Å²) in [4.78, 5) is 17.6. The number of aliphatic hydroxyl groups excluding tert-OH is 2. The highest BCUT2D eigenvalue weighted by atomic mass is 31.2. The third-order valence-corrected chi connectivity index (χ3v) is 5.74. The fraction of sp³-hybridized carbons (Fsp3) is 1.00. The van der Waals surface area contributed by atoms with E-state index in [0.717, 1.165) is 19.3 Å². The summed E-state index contributed by atoms with van der Waals surface area (Å²) < 4.78 is 15.3. The number of hydrogen-bond donors (Lipinski definition) is 4. The van der Waals surface area contributed by atoms with Gasteiger partial charge in [-0.1, -0.05) is 96.8 Å². The molecule has 0 aromatic rings. The highest BCUT2D eigenvalue weighted by molar-refractivity contribution is 7.46. The van der Waals surface area contributed by atoms with Gasteiger partial charge in [-0.15, -0.1) is 0 Å². The van der Waals surface area contributed by atoms with Crippen LogP contribution in [0.4, 0.5) is 0 Å². The monoisotopic (exact) mass is 410 g/mol. The maximum absolute atomic E-state index is 10.8. The Balaban J connectivity index is 3.59. The van der Waals surface area contributed by atoms with Crippen molar-refractivity contribution in [3.8, 4) is 0 Å². The quantitative estimate of drug-likeness (QED) is 0.167. The molecule has 27 heavy (non-hydrogen) atoms. The Labute approximate surface area is 166 Å². The van der Waals surface area contributed by atoms with E-state index >= 15 is 0 Å². The summed E-state index contributed by atoms with van der Waals surface area (Å²) in [6, 6.07) is 0. The van der Waals surface area contributed by atoms with E-state index in [0.29, 0.717) is 6.42 Å². The summed E-state index contributed by atoms with van der Waals surface area (Å²) in [5, 5.41) is 19.0. The zero-order valence-electron chi connectivity index (χ0n) is 17.3. The van der Waals surface area contributed by atoms with Crippen LogP contribution in [0, 0.1) is 5.41 Å². The fourth-order valence-corrected chi connectivity index (χ4v) is 3.73. The molecule has 164 valence electrons. The van der Waals surface area contributed by atoms with Crippen LogP contribution in [-0.4, -0.2) is 39.8 Å². The Kier molecular flexibility index (Phi) is 17.0. The minimum absolute atomic E-state index is 0.331. The van der Waals surface area contributed by atoms with Crippen LogP contribution < -0.4 is 0 Å². The lowest BCUT2D eigenvalue weighted by Crippen LogP contribution is -2.34. The third kappa shape index (κ3) is 16.7. The summed E-state index contributed by atoms with van der Waals surface area (Å²) in [5.41, 5.74) is -0.974. The van der Waals surface area contributed by atoms with Gasteiger partial charge >= 0.3 is 7.82 Å². The molecule has 0 aliphatic heterocycles. The molecule has 0 aromatic heterocycles. The second kappa shape index (κ2) is 16.9. The molecule has 4 N–H and O–H groups in total. The van der Waals surface area contributed by atoms with E-state index < -0.39 is 13.2 Å². The normalized spacial score (nSPS) is 12.6. The summed E-state index contributed by atoms with van der Waals surface area (Å²) in [7, 11) is -4.58. The van der Waals surface area contributed by atoms with Crippen LogP contribution in [-0.2, 0) is 9.09 Å². The molecule has 0 rings (SSSR count). The average Bonchev–Trinajstić information content (AvgIpc) is 2.64. The van der Waals surface area contributed by atoms with Crippen LogP contribution in [0.2, 0.25) is 0 Å². The van der Waals surface area contributed by atoms with Crippen molar-refractivity contribution in [2.24, 2.45) is 5.41 Å². The smallest absolute Gasteiger partial charge is 0.396 e. The van der Waals surface area contributed by atoms with E-state index in [2.05, 4.69) is 11.4 Å². The molecular weight excluding hydrogens is 367 g/mol. The Morgan fingerprint density at radius 3 is 1.41 bits per heavy atom. The fourth-order valence-electron chi connectivity index (χ4n) is 3.29. The van der Waals surface area contributed by atoms with Gasteiger partial charge in [0.1, 0.15) is 0 Å². The predicted octanol–water partition coefficient (Wildman–Crippen LogP) is 4.94. The van der Waals surface area contributed by atoms with Gasteiger partial charge in [0.05, 0.1) is 19.8 Å². The molecule has 0 aliphatic rings. The van der Waals surface area contributed by atoms with Gasteiger partial charge in [-0.3, -0.25) is 4.52 Å². The Hall–Kier alpha value is 0.0300. The molecule has 0 saturated heterocycles. The number of unbranched alkanes of at least 4 members (excludes halogenated alkanes) is 13. The van der Waals surface area contributed by atoms with Crippen molar-refractivity contribution in [2.75, 3.05) is 19.8 Å². The maximum Gasteiger partial charge on any atom is 0.469 e. The van der Waals surface area contributed by atoms with Gasteiger partial charge in [-0.2, -0.15) is 0 Å². The van der Waals surface area contributed by atoms with Crippen LogP contribution in [0.1, 0.15) is 103 Å². The number of hydrogen-bond acceptors (Lipinski definition) is 4. The van der Waals surface area contributed by atoms with Crippen LogP contribution >= 0.6 is 7.82 Å². The van der Waals surface area contributed by atoms with Crippen LogP contribution in [0.5, 0.6) is 0 Å². The van der Waals surface area contributed by atoms with E-state index in [9.17, 15) is 14.8 Å². The first-order valence-corrected chi connectivity index (χ1v) is 12.3. The first kappa shape index (κ1) is 27.0. The van der Waals surface area contributed by atoms with Gasteiger partial charge in [-0.05, 0) is 6.42 Å². The predicted molar refractivity (Wildman–Crippen MR) is 110 cm³/mol. The van der Waals surface area contributed by atoms with Gasteiger partial charge in [-0.25, -0.2) is 4.57 Å². The molecule has 6 nitrogen and oxygen atoms in total. The molecule has 0 unspecified atom stereocenters. The Morgan fingerprint density at radius 1 is 0.704 bits per heavy atom. The van der Waals surface area contributed by atoms with Crippen molar-refractivity contribution in [1.29, 1.82) is 0 Å². The number of aliphatic hydroxyl groups is 2. The zero-order chi connectivity index (χ0) is 20.4. The average molecular weight is 411 g/mol. The zero-order valence-corrected chi connectivity index (χ0v) is 18.2. The molecule has 0 aliphatic carbocycles. The topological polar surface area (TPSA) is 107 Å². The SMILES string of the molecule is CCCCCCCCCCCCCCCCC(CO)(CO)COP(=O)(O)O. The molecule has 0 amide bonds. The lowest BCUT2D eigenvalue weighted by molar-refractivity contribution is -0.00241. The summed E-state index contributed by atoms with van der Waals surface area (Å²) in [5.74, 6) is 0. The van der Waals surface area contributed by atoms with Crippen molar-refractivity contribution in [3.05, 3.63) is 0 Å². The molecule has 0 heterocycles. The molecule has 0 aromatic carbocycles. The van der Waals surface area contributed by atoms with Gasteiger partial charge in [0, 0.05) is 5.41 Å². The Morgan fingerprint density at radius 2 is 1.07 bits per heavy atom. The number of phosphoric acid groups is 1. The molecule has 7 heteroatoms. The van der Waals surface area contributed by atoms with Crippen LogP contribution in [0.25, 0.3) is 0 Å². The van der Waals surface area contributed by atoms with Crippen molar-refractivity contribution in [3.63, 3.8) is 0 Å². The summed E-state index contributed by atoms with van der Waals surface area (Å²) in [6.45, 7) is 1.23. The minimum atomic E-state index is -4.58.